The molecule has 0 aromatic heterocycles. The van der Waals surface area contributed by atoms with Crippen molar-refractivity contribution < 1.29 is 13.9 Å². The lowest BCUT2D eigenvalue weighted by Crippen LogP contribution is -2.25. The summed E-state index contributed by atoms with van der Waals surface area (Å²) in [6, 6.07) is 10.8. The maximum absolute atomic E-state index is 13.2. The molecule has 100 valence electrons. The molecular weight excluding hydrogens is 246 g/mol. The van der Waals surface area contributed by atoms with E-state index in [0.29, 0.717) is 6.42 Å². The number of hydrogen-bond acceptors (Lipinski definition) is 1. The van der Waals surface area contributed by atoms with Gasteiger partial charge in [-0.05, 0) is 42.7 Å². The summed E-state index contributed by atoms with van der Waals surface area (Å²) in [6.45, 7) is 3.51. The standard InChI is InChI=1S/C16H16F2O/c1-11-5-3-4-6-12(11)10-16(2,19)13-7-14(17)9-15(18)8-13/h3-9,19H,10H2,1-2H3. The van der Waals surface area contributed by atoms with E-state index in [2.05, 4.69) is 0 Å². The number of aliphatic hydroxyl groups is 1. The maximum Gasteiger partial charge on any atom is 0.126 e. The highest BCUT2D eigenvalue weighted by Crippen LogP contribution is 2.27. The van der Waals surface area contributed by atoms with Crippen LogP contribution in [0.3, 0.4) is 0 Å². The van der Waals surface area contributed by atoms with Gasteiger partial charge in [0.05, 0.1) is 5.60 Å². The molecule has 0 amide bonds. The van der Waals surface area contributed by atoms with E-state index in [0.717, 1.165) is 17.2 Å². The molecule has 1 nitrogen and oxygen atoms in total. The van der Waals surface area contributed by atoms with Gasteiger partial charge >= 0.3 is 0 Å². The van der Waals surface area contributed by atoms with Crippen LogP contribution in [0.25, 0.3) is 0 Å². The Balaban J connectivity index is 2.34. The quantitative estimate of drug-likeness (QED) is 0.893. The number of benzene rings is 2. The van der Waals surface area contributed by atoms with Gasteiger partial charge in [-0.2, -0.15) is 0 Å². The molecule has 0 saturated heterocycles. The smallest absolute Gasteiger partial charge is 0.126 e. The van der Waals surface area contributed by atoms with E-state index < -0.39 is 17.2 Å². The van der Waals surface area contributed by atoms with Gasteiger partial charge in [-0.25, -0.2) is 8.78 Å². The van der Waals surface area contributed by atoms with Gasteiger partial charge < -0.3 is 5.11 Å². The fourth-order valence-electron chi connectivity index (χ4n) is 2.15. The van der Waals surface area contributed by atoms with Crippen LogP contribution in [-0.4, -0.2) is 5.11 Å². The van der Waals surface area contributed by atoms with Crippen molar-refractivity contribution in [3.8, 4) is 0 Å². The molecule has 0 radical (unpaired) electrons. The number of rotatable bonds is 3. The van der Waals surface area contributed by atoms with Crippen LogP contribution >= 0.6 is 0 Å². The summed E-state index contributed by atoms with van der Waals surface area (Å²) in [5.74, 6) is -1.36. The van der Waals surface area contributed by atoms with Gasteiger partial charge in [0.25, 0.3) is 0 Å². The van der Waals surface area contributed by atoms with Crippen molar-refractivity contribution in [2.24, 2.45) is 0 Å². The second-order valence-corrected chi connectivity index (χ2v) is 5.04. The Bertz CT molecular complexity index is 571. The van der Waals surface area contributed by atoms with Crippen LogP contribution in [0.5, 0.6) is 0 Å². The largest absolute Gasteiger partial charge is 0.385 e. The fourth-order valence-corrected chi connectivity index (χ4v) is 2.15. The molecule has 0 bridgehead atoms. The first kappa shape index (κ1) is 13.7. The van der Waals surface area contributed by atoms with E-state index in [4.69, 9.17) is 0 Å². The average molecular weight is 262 g/mol. The molecule has 0 aliphatic heterocycles. The molecule has 1 unspecified atom stereocenters. The monoisotopic (exact) mass is 262 g/mol. The van der Waals surface area contributed by atoms with E-state index in [9.17, 15) is 13.9 Å². The van der Waals surface area contributed by atoms with Gasteiger partial charge in [0, 0.05) is 12.5 Å². The van der Waals surface area contributed by atoms with Crippen molar-refractivity contribution >= 4 is 0 Å². The van der Waals surface area contributed by atoms with Gasteiger partial charge in [-0.1, -0.05) is 24.3 Å². The Kier molecular flexibility index (Phi) is 3.67. The lowest BCUT2D eigenvalue weighted by molar-refractivity contribution is 0.0567. The summed E-state index contributed by atoms with van der Waals surface area (Å²) in [5, 5.41) is 10.5. The zero-order valence-corrected chi connectivity index (χ0v) is 11.0. The second-order valence-electron chi connectivity index (χ2n) is 5.04. The number of aryl methyl sites for hydroxylation is 1. The first-order valence-electron chi connectivity index (χ1n) is 6.12. The molecule has 1 atom stereocenters. The molecule has 0 aliphatic carbocycles. The minimum atomic E-state index is -1.31. The predicted octanol–water partition coefficient (Wildman–Crippen LogP) is 3.72. The van der Waals surface area contributed by atoms with Gasteiger partial charge in [0.15, 0.2) is 0 Å². The Hall–Kier alpha value is -1.74. The zero-order chi connectivity index (χ0) is 14.0. The molecule has 0 aliphatic rings. The second kappa shape index (κ2) is 5.10. The van der Waals surface area contributed by atoms with Crippen LogP contribution in [0.15, 0.2) is 42.5 Å². The molecule has 2 aromatic rings. The van der Waals surface area contributed by atoms with Gasteiger partial charge in [-0.3, -0.25) is 0 Å². The predicted molar refractivity (Wildman–Crippen MR) is 70.8 cm³/mol. The highest BCUT2D eigenvalue weighted by atomic mass is 19.1. The summed E-state index contributed by atoms with van der Waals surface area (Å²) >= 11 is 0. The van der Waals surface area contributed by atoms with Crippen molar-refractivity contribution in [3.05, 3.63) is 70.8 Å². The third kappa shape index (κ3) is 3.18. The lowest BCUT2D eigenvalue weighted by Gasteiger charge is -2.25. The Morgan fingerprint density at radius 1 is 1.05 bits per heavy atom. The van der Waals surface area contributed by atoms with Crippen molar-refractivity contribution in [1.29, 1.82) is 0 Å². The third-order valence-corrected chi connectivity index (χ3v) is 3.28. The van der Waals surface area contributed by atoms with E-state index in [-0.39, 0.29) is 5.56 Å². The molecule has 2 aromatic carbocycles. The maximum atomic E-state index is 13.2. The molecular formula is C16H16F2O. The van der Waals surface area contributed by atoms with E-state index in [1.54, 1.807) is 6.92 Å². The van der Waals surface area contributed by atoms with E-state index in [1.807, 2.05) is 31.2 Å². The molecule has 0 heterocycles. The first-order valence-corrected chi connectivity index (χ1v) is 6.12. The normalized spacial score (nSPS) is 14.2. The summed E-state index contributed by atoms with van der Waals surface area (Å²) in [4.78, 5) is 0. The SMILES string of the molecule is Cc1ccccc1CC(C)(O)c1cc(F)cc(F)c1. The Labute approximate surface area is 111 Å². The molecule has 3 heteroatoms. The molecule has 19 heavy (non-hydrogen) atoms. The fraction of sp³-hybridized carbons (Fsp3) is 0.250. The van der Waals surface area contributed by atoms with Crippen molar-refractivity contribution in [2.45, 2.75) is 25.9 Å². The number of halogens is 2. The summed E-state index contributed by atoms with van der Waals surface area (Å²) in [6.07, 6.45) is 0.308. The van der Waals surface area contributed by atoms with Crippen molar-refractivity contribution in [2.75, 3.05) is 0 Å². The molecule has 0 spiro atoms. The Morgan fingerprint density at radius 3 is 2.21 bits per heavy atom. The minimum Gasteiger partial charge on any atom is -0.385 e. The van der Waals surface area contributed by atoms with Crippen LogP contribution in [0, 0.1) is 18.6 Å². The van der Waals surface area contributed by atoms with E-state index >= 15 is 0 Å². The van der Waals surface area contributed by atoms with Gasteiger partial charge in [-0.15, -0.1) is 0 Å². The minimum absolute atomic E-state index is 0.244. The molecule has 2 rings (SSSR count). The first-order chi connectivity index (χ1) is 8.88. The zero-order valence-electron chi connectivity index (χ0n) is 11.0. The lowest BCUT2D eigenvalue weighted by atomic mass is 9.87. The summed E-state index contributed by atoms with van der Waals surface area (Å²) in [7, 11) is 0. The van der Waals surface area contributed by atoms with Crippen LogP contribution in [0.1, 0.15) is 23.6 Å². The molecule has 0 fully saturated rings. The van der Waals surface area contributed by atoms with Gasteiger partial charge in [0.1, 0.15) is 11.6 Å². The van der Waals surface area contributed by atoms with Crippen LogP contribution in [0.4, 0.5) is 8.78 Å². The summed E-state index contributed by atoms with van der Waals surface area (Å²) in [5.41, 5.74) is 0.930. The Morgan fingerprint density at radius 2 is 1.63 bits per heavy atom. The van der Waals surface area contributed by atoms with Gasteiger partial charge in [0.2, 0.25) is 0 Å². The highest BCUT2D eigenvalue weighted by molar-refractivity contribution is 5.31. The van der Waals surface area contributed by atoms with Crippen LogP contribution < -0.4 is 0 Å². The van der Waals surface area contributed by atoms with E-state index in [1.165, 1.54) is 12.1 Å². The molecule has 1 N–H and O–H groups in total. The van der Waals surface area contributed by atoms with Crippen LogP contribution in [0.2, 0.25) is 0 Å². The van der Waals surface area contributed by atoms with Crippen LogP contribution in [-0.2, 0) is 12.0 Å². The number of hydrogen-bond donors (Lipinski definition) is 1. The molecule has 0 saturated carbocycles. The topological polar surface area (TPSA) is 20.2 Å². The third-order valence-electron chi connectivity index (χ3n) is 3.28. The summed E-state index contributed by atoms with van der Waals surface area (Å²) < 4.78 is 26.5. The highest BCUT2D eigenvalue weighted by Gasteiger charge is 2.25. The van der Waals surface area contributed by atoms with Crippen molar-refractivity contribution in [3.63, 3.8) is 0 Å². The van der Waals surface area contributed by atoms with Crippen molar-refractivity contribution in [1.82, 2.24) is 0 Å². The average Bonchev–Trinajstić information content (AvgIpc) is 2.31.